The molecular weight excluding hydrogens is 250 g/mol. The summed E-state index contributed by atoms with van der Waals surface area (Å²) in [6.07, 6.45) is 1.13. The summed E-state index contributed by atoms with van der Waals surface area (Å²) in [5, 5.41) is 9.25. The fourth-order valence-electron chi connectivity index (χ4n) is 5.79. The van der Waals surface area contributed by atoms with E-state index in [-0.39, 0.29) is 18.0 Å². The van der Waals surface area contributed by atoms with Crippen molar-refractivity contribution < 1.29 is 9.53 Å². The highest BCUT2D eigenvalue weighted by atomic mass is 16.5. The summed E-state index contributed by atoms with van der Waals surface area (Å²) in [6.45, 7) is 0. The van der Waals surface area contributed by atoms with Crippen molar-refractivity contribution in [2.24, 2.45) is 41.4 Å². The van der Waals surface area contributed by atoms with Crippen LogP contribution >= 0.6 is 0 Å². The molecule has 0 amide bonds. The third-order valence-corrected chi connectivity index (χ3v) is 6.24. The van der Waals surface area contributed by atoms with Crippen LogP contribution in [0, 0.1) is 52.8 Å². The molecule has 0 radical (unpaired) electrons. The predicted molar refractivity (Wildman–Crippen MR) is 70.3 cm³/mol. The van der Waals surface area contributed by atoms with Gasteiger partial charge in [0, 0.05) is 11.8 Å². The highest BCUT2D eigenvalue weighted by molar-refractivity contribution is 5.89. The first-order valence-electron chi connectivity index (χ1n) is 7.47. The minimum atomic E-state index is -0.193. The van der Waals surface area contributed by atoms with E-state index in [1.165, 1.54) is 0 Å². The Bertz CT molecular complexity index is 634. The molecule has 6 rings (SSSR count). The number of esters is 1. The van der Waals surface area contributed by atoms with Gasteiger partial charge in [0.25, 0.3) is 0 Å². The minimum absolute atomic E-state index is 0.0889. The van der Waals surface area contributed by atoms with Gasteiger partial charge in [-0.05, 0) is 42.2 Å². The maximum atomic E-state index is 12.2. The van der Waals surface area contributed by atoms with Crippen molar-refractivity contribution in [1.82, 2.24) is 0 Å². The largest absolute Gasteiger partial charge is 0.458 e. The Labute approximate surface area is 117 Å². The van der Waals surface area contributed by atoms with E-state index in [2.05, 4.69) is 6.07 Å². The number of hydrogen-bond donors (Lipinski definition) is 0. The second kappa shape index (κ2) is 3.44. The Hall–Kier alpha value is -1.82. The fraction of sp³-hybridized carbons (Fsp3) is 0.529. The van der Waals surface area contributed by atoms with Crippen LogP contribution in [-0.4, -0.2) is 12.1 Å². The van der Waals surface area contributed by atoms with E-state index in [1.54, 1.807) is 12.1 Å². The van der Waals surface area contributed by atoms with Gasteiger partial charge < -0.3 is 4.74 Å². The van der Waals surface area contributed by atoms with Crippen LogP contribution in [0.1, 0.15) is 16.8 Å². The van der Waals surface area contributed by atoms with E-state index >= 15 is 0 Å². The summed E-state index contributed by atoms with van der Waals surface area (Å²) in [6, 6.07) is 11.7. The second-order valence-electron chi connectivity index (χ2n) is 6.76. The highest BCUT2D eigenvalue weighted by Gasteiger charge is 2.83. The average molecular weight is 265 g/mol. The fourth-order valence-corrected chi connectivity index (χ4v) is 5.79. The van der Waals surface area contributed by atoms with Gasteiger partial charge in [0.1, 0.15) is 6.10 Å². The number of nitrogens with zero attached hydrogens (tertiary/aromatic N) is 1. The molecule has 5 aliphatic carbocycles. The number of benzene rings is 1. The van der Waals surface area contributed by atoms with Gasteiger partial charge in [-0.15, -0.1) is 0 Å². The maximum Gasteiger partial charge on any atom is 0.338 e. The van der Waals surface area contributed by atoms with Crippen LogP contribution in [0.5, 0.6) is 0 Å². The van der Waals surface area contributed by atoms with Crippen LogP contribution in [-0.2, 0) is 4.74 Å². The standard InChI is InChI=1S/C17H15NO2/c18-7-9-6-10-12-14-11(9)13(10)16(15(12)14)20-17(19)8-4-2-1-3-5-8/h1-5,9-16H,6H2/t9-,10-,11-,12-,13+,14+,15-,16+/m0/s1. The monoisotopic (exact) mass is 265 g/mol. The molecule has 0 heterocycles. The highest BCUT2D eigenvalue weighted by Crippen LogP contribution is 2.82. The molecule has 6 bridgehead atoms. The molecule has 0 spiro atoms. The molecule has 3 nitrogen and oxygen atoms in total. The zero-order valence-electron chi connectivity index (χ0n) is 11.0. The smallest absolute Gasteiger partial charge is 0.338 e. The van der Waals surface area contributed by atoms with Gasteiger partial charge in [-0.3, -0.25) is 0 Å². The SMILES string of the molecule is N#C[C@@H]1C[C@H]2[C@@H]3[C@@H]4[C@H](OC(=O)c5ccccc5)[C@H]2[C@H]1[C@H]34. The zero-order chi connectivity index (χ0) is 13.4. The normalized spacial score (nSPS) is 49.0. The number of rotatable bonds is 2. The molecule has 0 unspecified atom stereocenters. The van der Waals surface area contributed by atoms with E-state index in [1.807, 2.05) is 18.2 Å². The Morgan fingerprint density at radius 2 is 1.90 bits per heavy atom. The molecule has 1 aromatic rings. The van der Waals surface area contributed by atoms with Crippen LogP contribution in [0.15, 0.2) is 30.3 Å². The summed E-state index contributed by atoms with van der Waals surface area (Å²) < 4.78 is 5.83. The van der Waals surface area contributed by atoms with Gasteiger partial charge >= 0.3 is 5.97 Å². The van der Waals surface area contributed by atoms with Gasteiger partial charge in [-0.2, -0.15) is 5.26 Å². The van der Waals surface area contributed by atoms with Crippen molar-refractivity contribution >= 4 is 5.97 Å². The maximum absolute atomic E-state index is 12.2. The summed E-state index contributed by atoms with van der Waals surface area (Å²) in [5.41, 5.74) is 0.637. The van der Waals surface area contributed by atoms with E-state index in [0.29, 0.717) is 35.2 Å². The summed E-state index contributed by atoms with van der Waals surface area (Å²) in [4.78, 5) is 12.2. The van der Waals surface area contributed by atoms with Crippen molar-refractivity contribution in [3.63, 3.8) is 0 Å². The number of nitriles is 1. The summed E-state index contributed by atoms with van der Waals surface area (Å²) >= 11 is 0. The van der Waals surface area contributed by atoms with E-state index in [9.17, 15) is 10.1 Å². The van der Waals surface area contributed by atoms with Gasteiger partial charge in [-0.25, -0.2) is 4.79 Å². The molecule has 0 saturated heterocycles. The summed E-state index contributed by atoms with van der Waals surface area (Å²) in [7, 11) is 0. The molecule has 3 heteroatoms. The van der Waals surface area contributed by atoms with Crippen LogP contribution in [0.25, 0.3) is 0 Å². The Kier molecular flexibility index (Phi) is 1.87. The molecule has 100 valence electrons. The third-order valence-electron chi connectivity index (χ3n) is 6.24. The molecule has 0 N–H and O–H groups in total. The average Bonchev–Trinajstić information content (AvgIpc) is 2.74. The first-order valence-corrected chi connectivity index (χ1v) is 7.47. The van der Waals surface area contributed by atoms with Crippen molar-refractivity contribution in [2.75, 3.05) is 0 Å². The number of hydrogen-bond acceptors (Lipinski definition) is 3. The first-order chi connectivity index (χ1) is 9.81. The molecule has 5 fully saturated rings. The van der Waals surface area contributed by atoms with E-state index < -0.39 is 0 Å². The lowest BCUT2D eigenvalue weighted by molar-refractivity contribution is 0.0171. The van der Waals surface area contributed by atoms with E-state index in [4.69, 9.17) is 4.74 Å². The van der Waals surface area contributed by atoms with Crippen LogP contribution in [0.2, 0.25) is 0 Å². The number of ether oxygens (including phenoxy) is 1. The molecule has 20 heavy (non-hydrogen) atoms. The Morgan fingerprint density at radius 1 is 1.10 bits per heavy atom. The molecule has 5 saturated carbocycles. The van der Waals surface area contributed by atoms with Gasteiger partial charge in [-0.1, -0.05) is 18.2 Å². The van der Waals surface area contributed by atoms with E-state index in [0.717, 1.165) is 12.3 Å². The second-order valence-corrected chi connectivity index (χ2v) is 6.76. The molecular formula is C17H15NO2. The van der Waals surface area contributed by atoms with Crippen molar-refractivity contribution in [2.45, 2.75) is 12.5 Å². The molecule has 8 atom stereocenters. The van der Waals surface area contributed by atoms with Gasteiger partial charge in [0.15, 0.2) is 0 Å². The first kappa shape index (κ1) is 10.9. The minimum Gasteiger partial charge on any atom is -0.458 e. The van der Waals surface area contributed by atoms with Crippen LogP contribution < -0.4 is 0 Å². The van der Waals surface area contributed by atoms with Gasteiger partial charge in [0.05, 0.1) is 17.6 Å². The lowest BCUT2D eigenvalue weighted by Gasteiger charge is -2.19. The number of carbonyl (C=O) groups is 1. The Morgan fingerprint density at radius 3 is 2.60 bits per heavy atom. The van der Waals surface area contributed by atoms with Gasteiger partial charge in [0.2, 0.25) is 0 Å². The molecule has 0 aliphatic heterocycles. The lowest BCUT2D eigenvalue weighted by atomic mass is 9.89. The zero-order valence-corrected chi connectivity index (χ0v) is 11.0. The Balaban J connectivity index is 1.39. The predicted octanol–water partition coefficient (Wildman–Crippen LogP) is 2.49. The van der Waals surface area contributed by atoms with Crippen LogP contribution in [0.3, 0.4) is 0 Å². The lowest BCUT2D eigenvalue weighted by Crippen LogP contribution is -2.24. The number of carbonyl (C=O) groups excluding carboxylic acids is 1. The van der Waals surface area contributed by atoms with Crippen molar-refractivity contribution in [3.05, 3.63) is 35.9 Å². The van der Waals surface area contributed by atoms with Crippen molar-refractivity contribution in [3.8, 4) is 6.07 Å². The topological polar surface area (TPSA) is 50.1 Å². The molecule has 0 aromatic heterocycles. The van der Waals surface area contributed by atoms with Crippen molar-refractivity contribution in [1.29, 1.82) is 5.26 Å². The quantitative estimate of drug-likeness (QED) is 0.772. The van der Waals surface area contributed by atoms with Crippen LogP contribution in [0.4, 0.5) is 0 Å². The summed E-state index contributed by atoms with van der Waals surface area (Å²) in [5.74, 6) is 3.72. The third kappa shape index (κ3) is 1.10. The molecule has 5 aliphatic rings. The molecule has 1 aromatic carbocycles.